The normalized spacial score (nSPS) is 56.7. The van der Waals surface area contributed by atoms with Crippen molar-refractivity contribution in [3.8, 4) is 0 Å². The van der Waals surface area contributed by atoms with Crippen LogP contribution in [0.1, 0.15) is 85.5 Å². The van der Waals surface area contributed by atoms with Gasteiger partial charge in [0.15, 0.2) is 5.78 Å². The molecule has 0 radical (unpaired) electrons. The van der Waals surface area contributed by atoms with Crippen molar-refractivity contribution in [3.63, 3.8) is 0 Å². The lowest BCUT2D eigenvalue weighted by molar-refractivity contribution is -0.117. The monoisotopic (exact) mass is 395 g/mol. The molecule has 2 heteroatoms. The van der Waals surface area contributed by atoms with Crippen molar-refractivity contribution < 1.29 is 4.79 Å². The Morgan fingerprint density at radius 2 is 1.79 bits per heavy atom. The molecule has 0 unspecified atom stereocenters. The fourth-order valence-corrected chi connectivity index (χ4v) is 10.3. The molecule has 0 aromatic rings. The van der Waals surface area contributed by atoms with Gasteiger partial charge in [0, 0.05) is 25.0 Å². The van der Waals surface area contributed by atoms with E-state index in [0.29, 0.717) is 16.6 Å². The molecule has 0 amide bonds. The van der Waals surface area contributed by atoms with Crippen LogP contribution in [-0.4, -0.2) is 29.3 Å². The van der Waals surface area contributed by atoms with E-state index in [1.165, 1.54) is 57.1 Å². The van der Waals surface area contributed by atoms with Crippen molar-refractivity contribution >= 4 is 5.78 Å². The van der Waals surface area contributed by atoms with Gasteiger partial charge in [-0.3, -0.25) is 9.69 Å². The molecule has 6 rings (SSSR count). The van der Waals surface area contributed by atoms with Crippen molar-refractivity contribution in [1.29, 1.82) is 0 Å². The summed E-state index contributed by atoms with van der Waals surface area (Å²) in [5.74, 6) is 5.77. The summed E-state index contributed by atoms with van der Waals surface area (Å²) < 4.78 is 0. The fraction of sp³-hybridized carbons (Fsp3) is 0.889. The van der Waals surface area contributed by atoms with Crippen LogP contribution >= 0.6 is 0 Å². The summed E-state index contributed by atoms with van der Waals surface area (Å²) in [5.41, 5.74) is 2.41. The smallest absolute Gasteiger partial charge is 0.155 e. The molecule has 3 saturated carbocycles. The third-order valence-electron chi connectivity index (χ3n) is 11.6. The van der Waals surface area contributed by atoms with Crippen molar-refractivity contribution in [2.24, 2.45) is 46.3 Å². The zero-order valence-electron chi connectivity index (χ0n) is 19.1. The van der Waals surface area contributed by atoms with Crippen LogP contribution in [-0.2, 0) is 4.79 Å². The molecular formula is C27H41NO. The first kappa shape index (κ1) is 19.1. The van der Waals surface area contributed by atoms with Crippen LogP contribution in [0, 0.1) is 46.3 Å². The van der Waals surface area contributed by atoms with Crippen molar-refractivity contribution in [1.82, 2.24) is 4.90 Å². The topological polar surface area (TPSA) is 20.3 Å². The third kappa shape index (κ3) is 2.42. The first-order chi connectivity index (χ1) is 13.8. The van der Waals surface area contributed by atoms with E-state index in [1.54, 1.807) is 0 Å². The Hall–Kier alpha value is -0.630. The fourth-order valence-electron chi connectivity index (χ4n) is 10.3. The largest absolute Gasteiger partial charge is 0.297 e. The Labute approximate surface area is 177 Å². The van der Waals surface area contributed by atoms with Crippen molar-refractivity contribution in [3.05, 3.63) is 11.6 Å². The zero-order chi connectivity index (χ0) is 20.1. The first-order valence-electron chi connectivity index (χ1n) is 12.8. The lowest BCUT2D eigenvalue weighted by Gasteiger charge is -2.58. The molecule has 0 bridgehead atoms. The summed E-state index contributed by atoms with van der Waals surface area (Å²) in [7, 11) is 0. The van der Waals surface area contributed by atoms with Crippen molar-refractivity contribution in [2.75, 3.05) is 6.54 Å². The quantitative estimate of drug-likeness (QED) is 0.512. The summed E-state index contributed by atoms with van der Waals surface area (Å²) in [6, 6.07) is 1.74. The van der Waals surface area contributed by atoms with E-state index in [-0.39, 0.29) is 0 Å². The third-order valence-corrected chi connectivity index (χ3v) is 11.6. The molecule has 6 aliphatic rings. The van der Waals surface area contributed by atoms with Gasteiger partial charge in [-0.25, -0.2) is 0 Å². The molecule has 0 spiro atoms. The number of ketones is 1. The van der Waals surface area contributed by atoms with E-state index < -0.39 is 0 Å². The number of rotatable bonds is 0. The summed E-state index contributed by atoms with van der Waals surface area (Å²) in [4.78, 5) is 15.1. The molecule has 5 fully saturated rings. The maximum absolute atomic E-state index is 12.1. The summed E-state index contributed by atoms with van der Waals surface area (Å²) in [6.07, 6.45) is 13.8. The zero-order valence-corrected chi connectivity index (χ0v) is 19.1. The van der Waals surface area contributed by atoms with Gasteiger partial charge in [-0.05, 0) is 104 Å². The number of piperidine rings is 1. The SMILES string of the molecule is C[C@H]1CC[C@@H]2[C@@H](C)[C@H]3[C@H](C[C@H]4[C@@H]5CCC6=CC(=O)CC[C@]6(C)[C@H]5CC[C@]34C)N2C1. The van der Waals surface area contributed by atoms with E-state index >= 15 is 0 Å². The first-order valence-corrected chi connectivity index (χ1v) is 12.8. The van der Waals surface area contributed by atoms with E-state index in [0.717, 1.165) is 60.4 Å². The maximum Gasteiger partial charge on any atom is 0.155 e. The molecule has 0 aromatic carbocycles. The number of nitrogens with zero attached hydrogens (tertiary/aromatic N) is 1. The number of hydrogen-bond acceptors (Lipinski definition) is 2. The number of hydrogen-bond donors (Lipinski definition) is 0. The number of carbonyl (C=O) groups excluding carboxylic acids is 1. The van der Waals surface area contributed by atoms with Gasteiger partial charge >= 0.3 is 0 Å². The average Bonchev–Trinajstić information content (AvgIpc) is 3.15. The molecule has 2 nitrogen and oxygen atoms in total. The molecule has 0 aromatic heterocycles. The second kappa shape index (κ2) is 6.21. The van der Waals surface area contributed by atoms with Gasteiger partial charge in [-0.2, -0.15) is 0 Å². The summed E-state index contributed by atoms with van der Waals surface area (Å²) in [5, 5.41) is 0. The molecule has 2 heterocycles. The molecule has 10 atom stereocenters. The van der Waals surface area contributed by atoms with Crippen LogP contribution in [0.15, 0.2) is 11.6 Å². The molecule has 0 N–H and O–H groups in total. The number of allylic oxidation sites excluding steroid dienone is 1. The van der Waals surface area contributed by atoms with Gasteiger partial charge in [0.05, 0.1) is 0 Å². The van der Waals surface area contributed by atoms with Gasteiger partial charge in [-0.1, -0.05) is 33.3 Å². The van der Waals surface area contributed by atoms with Gasteiger partial charge in [0.2, 0.25) is 0 Å². The molecule has 160 valence electrons. The second-order valence-electron chi connectivity index (χ2n) is 12.6. The predicted octanol–water partition coefficient (Wildman–Crippen LogP) is 5.86. The minimum atomic E-state index is 0.323. The lowest BCUT2D eigenvalue weighted by atomic mass is 9.46. The highest BCUT2D eigenvalue weighted by molar-refractivity contribution is 5.91. The second-order valence-corrected chi connectivity index (χ2v) is 12.6. The van der Waals surface area contributed by atoms with Crippen LogP contribution in [0.5, 0.6) is 0 Å². The predicted molar refractivity (Wildman–Crippen MR) is 117 cm³/mol. The minimum absolute atomic E-state index is 0.323. The summed E-state index contributed by atoms with van der Waals surface area (Å²) >= 11 is 0. The van der Waals surface area contributed by atoms with E-state index in [9.17, 15) is 4.79 Å². The molecule has 29 heavy (non-hydrogen) atoms. The summed E-state index contributed by atoms with van der Waals surface area (Å²) in [6.45, 7) is 11.7. The van der Waals surface area contributed by atoms with Gasteiger partial charge in [0.25, 0.3) is 0 Å². The molecule has 4 aliphatic carbocycles. The Bertz CT molecular complexity index is 756. The van der Waals surface area contributed by atoms with Crippen LogP contribution in [0.2, 0.25) is 0 Å². The minimum Gasteiger partial charge on any atom is -0.297 e. The number of fused-ring (bicyclic) bond motifs is 9. The number of carbonyl (C=O) groups is 1. The van der Waals surface area contributed by atoms with E-state index in [4.69, 9.17) is 0 Å². The van der Waals surface area contributed by atoms with Gasteiger partial charge < -0.3 is 0 Å². The standard InChI is InChI=1S/C27H41NO/c1-16-5-8-23-17(2)25-24(28(23)15-16)14-22-20-7-6-18-13-19(29)9-11-26(18,3)21(20)10-12-27(22,25)4/h13,16-17,20-25H,5-12,14-15H2,1-4H3/t16-,17+,20+,21-,22-,23+,24-,25-,26-,27-/m0/s1. The van der Waals surface area contributed by atoms with Crippen LogP contribution in [0.3, 0.4) is 0 Å². The van der Waals surface area contributed by atoms with E-state index in [1.807, 2.05) is 0 Å². The Morgan fingerprint density at radius 1 is 0.966 bits per heavy atom. The molecular weight excluding hydrogens is 354 g/mol. The van der Waals surface area contributed by atoms with E-state index in [2.05, 4.69) is 38.7 Å². The average molecular weight is 396 g/mol. The Balaban J connectivity index is 1.33. The molecule has 2 aliphatic heterocycles. The van der Waals surface area contributed by atoms with Crippen molar-refractivity contribution in [2.45, 2.75) is 97.6 Å². The Kier molecular flexibility index (Phi) is 4.09. The molecule has 2 saturated heterocycles. The highest BCUT2D eigenvalue weighted by Crippen LogP contribution is 2.70. The lowest BCUT2D eigenvalue weighted by Crippen LogP contribution is -2.51. The van der Waals surface area contributed by atoms with Crippen LogP contribution in [0.25, 0.3) is 0 Å². The highest BCUT2D eigenvalue weighted by Gasteiger charge is 2.66. The highest BCUT2D eigenvalue weighted by atomic mass is 16.1. The van der Waals surface area contributed by atoms with Gasteiger partial charge in [0.1, 0.15) is 0 Å². The van der Waals surface area contributed by atoms with Gasteiger partial charge in [-0.15, -0.1) is 0 Å². The maximum atomic E-state index is 12.1. The Morgan fingerprint density at radius 3 is 2.62 bits per heavy atom. The van der Waals surface area contributed by atoms with Crippen LogP contribution in [0.4, 0.5) is 0 Å². The van der Waals surface area contributed by atoms with Crippen LogP contribution < -0.4 is 0 Å².